The van der Waals surface area contributed by atoms with Gasteiger partial charge in [0.05, 0.1) is 27.0 Å². The third-order valence-electron chi connectivity index (χ3n) is 4.14. The number of aromatic nitrogens is 3. The fourth-order valence-corrected chi connectivity index (χ4v) is 3.76. The van der Waals surface area contributed by atoms with E-state index >= 15 is 0 Å². The molecule has 8 heteroatoms. The molecule has 0 aliphatic carbocycles. The van der Waals surface area contributed by atoms with Crippen molar-refractivity contribution in [3.63, 3.8) is 0 Å². The summed E-state index contributed by atoms with van der Waals surface area (Å²) in [6.45, 7) is 11.2. The molecule has 3 rings (SSSR count). The molecule has 0 fully saturated rings. The molecule has 0 amide bonds. The molecule has 4 N–H and O–H groups in total. The van der Waals surface area contributed by atoms with Crippen molar-refractivity contribution >= 4 is 23.0 Å². The van der Waals surface area contributed by atoms with Crippen LogP contribution in [0.5, 0.6) is 0 Å². The lowest BCUT2D eigenvalue weighted by molar-refractivity contribution is 0.585. The molecule has 2 heterocycles. The van der Waals surface area contributed by atoms with Gasteiger partial charge in [-0.3, -0.25) is 0 Å². The summed E-state index contributed by atoms with van der Waals surface area (Å²) in [5.41, 5.74) is 7.31. The fourth-order valence-electron chi connectivity index (χ4n) is 2.65. The predicted molar refractivity (Wildman–Crippen MR) is 118 cm³/mol. The van der Waals surface area contributed by atoms with E-state index in [1.165, 1.54) is 11.3 Å². The third kappa shape index (κ3) is 4.71. The highest BCUT2D eigenvalue weighted by molar-refractivity contribution is 7.15. The number of thiazole rings is 1. The van der Waals surface area contributed by atoms with Crippen LogP contribution in [0.25, 0.3) is 21.8 Å². The van der Waals surface area contributed by atoms with E-state index in [1.54, 1.807) is 36.7 Å². The molecule has 0 unspecified atom stereocenters. The fraction of sp³-hybridized carbons (Fsp3) is 0.286. The summed E-state index contributed by atoms with van der Waals surface area (Å²) in [4.78, 5) is 14.4. The van der Waals surface area contributed by atoms with Crippen LogP contribution in [0.15, 0.2) is 43.2 Å². The number of rotatable bonds is 7. The minimum atomic E-state index is -0.470. The first-order valence-corrected chi connectivity index (χ1v) is 10.1. The molecule has 3 aromatic rings. The number of benzene rings is 1. The van der Waals surface area contributed by atoms with Gasteiger partial charge in [-0.15, -0.1) is 11.3 Å². The van der Waals surface area contributed by atoms with Crippen molar-refractivity contribution in [3.05, 3.63) is 54.1 Å². The molecule has 0 saturated carbocycles. The molecular formula is C21H25FN6S. The van der Waals surface area contributed by atoms with Crippen LogP contribution in [0.2, 0.25) is 0 Å². The number of nitrogens with one attached hydrogen (secondary N) is 2. The van der Waals surface area contributed by atoms with E-state index in [-0.39, 0.29) is 11.1 Å². The average Bonchev–Trinajstić information content (AvgIpc) is 3.13. The molecule has 0 spiro atoms. The van der Waals surface area contributed by atoms with Crippen LogP contribution < -0.4 is 16.4 Å². The van der Waals surface area contributed by atoms with E-state index in [0.717, 1.165) is 9.88 Å². The summed E-state index contributed by atoms with van der Waals surface area (Å²) >= 11 is 1.51. The van der Waals surface area contributed by atoms with E-state index in [0.29, 0.717) is 36.0 Å². The Hall–Kier alpha value is -3.00. The van der Waals surface area contributed by atoms with E-state index in [4.69, 9.17) is 10.7 Å². The first kappa shape index (κ1) is 20.7. The average molecular weight is 413 g/mol. The van der Waals surface area contributed by atoms with Crippen LogP contribution >= 0.6 is 11.3 Å². The maximum atomic E-state index is 14.8. The van der Waals surface area contributed by atoms with Gasteiger partial charge >= 0.3 is 0 Å². The Bertz CT molecular complexity index is 1010. The standard InChI is InChI=1S/C21H25FN6S/c1-5-24-11-12-26-20-25-10-9-15(27-20)18-17(28-19(29-18)21(2,3)4)13-7-6-8-14(23)16(13)22/h5-10,24H,1,11-12,23H2,2-4H3,(H,25,26,27). The van der Waals surface area contributed by atoms with Gasteiger partial charge in [0.25, 0.3) is 0 Å². The second-order valence-electron chi connectivity index (χ2n) is 7.51. The van der Waals surface area contributed by atoms with Gasteiger partial charge < -0.3 is 16.4 Å². The molecule has 0 radical (unpaired) electrons. The van der Waals surface area contributed by atoms with Gasteiger partial charge in [0, 0.05) is 30.3 Å². The lowest BCUT2D eigenvalue weighted by Gasteiger charge is -2.13. The monoisotopic (exact) mass is 412 g/mol. The van der Waals surface area contributed by atoms with Crippen molar-refractivity contribution in [1.29, 1.82) is 0 Å². The Morgan fingerprint density at radius 1 is 1.21 bits per heavy atom. The van der Waals surface area contributed by atoms with Crippen molar-refractivity contribution in [1.82, 2.24) is 20.3 Å². The van der Waals surface area contributed by atoms with E-state index in [9.17, 15) is 4.39 Å². The molecule has 1 aromatic carbocycles. The van der Waals surface area contributed by atoms with Crippen LogP contribution in [0, 0.1) is 5.82 Å². The number of halogens is 1. The molecule has 0 atom stereocenters. The third-order valence-corrected chi connectivity index (χ3v) is 5.64. The van der Waals surface area contributed by atoms with Crippen LogP contribution in [-0.4, -0.2) is 28.0 Å². The van der Waals surface area contributed by atoms with Crippen LogP contribution in [-0.2, 0) is 5.41 Å². The predicted octanol–water partition coefficient (Wildman–Crippen LogP) is 4.43. The van der Waals surface area contributed by atoms with Crippen LogP contribution in [0.4, 0.5) is 16.0 Å². The van der Waals surface area contributed by atoms with Crippen molar-refractivity contribution in [3.8, 4) is 21.8 Å². The molecule has 0 aliphatic heterocycles. The molecular weight excluding hydrogens is 387 g/mol. The molecule has 0 saturated heterocycles. The Morgan fingerprint density at radius 3 is 2.72 bits per heavy atom. The highest BCUT2D eigenvalue weighted by Crippen LogP contribution is 2.41. The molecule has 152 valence electrons. The summed E-state index contributed by atoms with van der Waals surface area (Å²) in [5.74, 6) is 0.0282. The lowest BCUT2D eigenvalue weighted by Crippen LogP contribution is -2.18. The smallest absolute Gasteiger partial charge is 0.223 e. The number of nitrogens with zero attached hydrogens (tertiary/aromatic N) is 3. The van der Waals surface area contributed by atoms with Gasteiger partial charge in [-0.1, -0.05) is 33.4 Å². The number of hydrogen-bond acceptors (Lipinski definition) is 7. The lowest BCUT2D eigenvalue weighted by atomic mass is 9.98. The summed E-state index contributed by atoms with van der Waals surface area (Å²) < 4.78 is 14.8. The summed E-state index contributed by atoms with van der Waals surface area (Å²) in [6, 6.07) is 6.77. The summed E-state index contributed by atoms with van der Waals surface area (Å²) in [6.07, 6.45) is 3.32. The van der Waals surface area contributed by atoms with Crippen LogP contribution in [0.1, 0.15) is 25.8 Å². The minimum absolute atomic E-state index is 0.0959. The summed E-state index contributed by atoms with van der Waals surface area (Å²) in [7, 11) is 0. The van der Waals surface area contributed by atoms with E-state index in [2.05, 4.69) is 48.0 Å². The zero-order valence-corrected chi connectivity index (χ0v) is 17.6. The van der Waals surface area contributed by atoms with Crippen molar-refractivity contribution in [2.75, 3.05) is 24.1 Å². The maximum absolute atomic E-state index is 14.8. The van der Waals surface area contributed by atoms with Gasteiger partial charge in [-0.05, 0) is 24.4 Å². The van der Waals surface area contributed by atoms with Gasteiger partial charge in [-0.25, -0.2) is 19.3 Å². The number of nitrogen functional groups attached to an aromatic ring is 1. The molecule has 0 aliphatic rings. The van der Waals surface area contributed by atoms with Gasteiger partial charge in [0.1, 0.15) is 0 Å². The Morgan fingerprint density at radius 2 is 2.00 bits per heavy atom. The largest absolute Gasteiger partial charge is 0.396 e. The Balaban J connectivity index is 2.06. The summed E-state index contributed by atoms with van der Waals surface area (Å²) in [5, 5.41) is 7.07. The van der Waals surface area contributed by atoms with Gasteiger partial charge in [0.15, 0.2) is 5.82 Å². The quantitative estimate of drug-likeness (QED) is 0.393. The van der Waals surface area contributed by atoms with Gasteiger partial charge in [-0.2, -0.15) is 0 Å². The second-order valence-corrected chi connectivity index (χ2v) is 8.51. The minimum Gasteiger partial charge on any atom is -0.396 e. The maximum Gasteiger partial charge on any atom is 0.223 e. The second kappa shape index (κ2) is 8.57. The number of hydrogen-bond donors (Lipinski definition) is 3. The van der Waals surface area contributed by atoms with E-state index < -0.39 is 5.82 Å². The molecule has 29 heavy (non-hydrogen) atoms. The molecule has 6 nitrogen and oxygen atoms in total. The zero-order chi connectivity index (χ0) is 21.0. The number of nitrogens with two attached hydrogens (primary N) is 1. The van der Waals surface area contributed by atoms with Crippen LogP contribution in [0.3, 0.4) is 0 Å². The van der Waals surface area contributed by atoms with Crippen molar-refractivity contribution in [2.24, 2.45) is 0 Å². The van der Waals surface area contributed by atoms with Crippen molar-refractivity contribution in [2.45, 2.75) is 26.2 Å². The Labute approximate surface area is 174 Å². The SMILES string of the molecule is C=CNCCNc1nccc(-c2sc(C(C)(C)C)nc2-c2cccc(N)c2F)n1. The molecule has 0 bridgehead atoms. The molecule has 2 aromatic heterocycles. The zero-order valence-electron chi connectivity index (χ0n) is 16.8. The topological polar surface area (TPSA) is 88.8 Å². The van der Waals surface area contributed by atoms with Gasteiger partial charge in [0.2, 0.25) is 5.95 Å². The van der Waals surface area contributed by atoms with E-state index in [1.807, 2.05) is 0 Å². The highest BCUT2D eigenvalue weighted by atomic mass is 32.1. The number of anilines is 2. The first-order valence-electron chi connectivity index (χ1n) is 9.28. The first-order chi connectivity index (χ1) is 13.8. The Kier molecular flexibility index (Phi) is 6.12. The van der Waals surface area contributed by atoms with Crippen molar-refractivity contribution < 1.29 is 4.39 Å². The highest BCUT2D eigenvalue weighted by Gasteiger charge is 2.25. The normalized spacial score (nSPS) is 11.3.